The van der Waals surface area contributed by atoms with Crippen LogP contribution in [0.15, 0.2) is 59.7 Å². The third-order valence-corrected chi connectivity index (χ3v) is 5.03. The molecule has 33 heavy (non-hydrogen) atoms. The molecule has 6 nitrogen and oxygen atoms in total. The maximum absolute atomic E-state index is 10.8. The van der Waals surface area contributed by atoms with E-state index in [2.05, 4.69) is 39.0 Å². The molecule has 0 unspecified atom stereocenters. The first-order chi connectivity index (χ1) is 15.8. The van der Waals surface area contributed by atoms with Crippen molar-refractivity contribution in [2.45, 2.75) is 40.0 Å². The number of hydrogen-bond acceptors (Lipinski definition) is 5. The van der Waals surface area contributed by atoms with E-state index in [9.17, 15) is 10.1 Å². The SMILES string of the molecule is COCOc1c(CC=C(C)CCC=C(C)C)cc(C=Cc2ccc([N+](=O)[O-])cc2)cc1OC. The van der Waals surface area contributed by atoms with Gasteiger partial charge in [-0.1, -0.05) is 35.5 Å². The van der Waals surface area contributed by atoms with Crippen LogP contribution >= 0.6 is 0 Å². The van der Waals surface area contributed by atoms with E-state index in [1.165, 1.54) is 23.3 Å². The number of rotatable bonds is 12. The first-order valence-electron chi connectivity index (χ1n) is 10.9. The molecule has 0 bridgehead atoms. The van der Waals surface area contributed by atoms with Gasteiger partial charge >= 0.3 is 0 Å². The van der Waals surface area contributed by atoms with Gasteiger partial charge < -0.3 is 14.2 Å². The molecule has 6 heteroatoms. The highest BCUT2D eigenvalue weighted by molar-refractivity contribution is 5.72. The van der Waals surface area contributed by atoms with Crippen molar-refractivity contribution in [3.8, 4) is 11.5 Å². The topological polar surface area (TPSA) is 70.8 Å². The van der Waals surface area contributed by atoms with Crippen molar-refractivity contribution >= 4 is 17.8 Å². The smallest absolute Gasteiger partial charge is 0.269 e. The molecule has 0 radical (unpaired) electrons. The van der Waals surface area contributed by atoms with E-state index >= 15 is 0 Å². The van der Waals surface area contributed by atoms with Crippen molar-refractivity contribution in [2.24, 2.45) is 0 Å². The second-order valence-electron chi connectivity index (χ2n) is 8.02. The van der Waals surface area contributed by atoms with Gasteiger partial charge in [0.15, 0.2) is 18.3 Å². The van der Waals surface area contributed by atoms with Crippen LogP contribution in [0.2, 0.25) is 0 Å². The Hall–Kier alpha value is -3.38. The van der Waals surface area contributed by atoms with Gasteiger partial charge in [-0.25, -0.2) is 0 Å². The highest BCUT2D eigenvalue weighted by Crippen LogP contribution is 2.34. The molecule has 0 spiro atoms. The largest absolute Gasteiger partial charge is 0.493 e. The van der Waals surface area contributed by atoms with E-state index in [0.717, 1.165) is 29.5 Å². The summed E-state index contributed by atoms with van der Waals surface area (Å²) in [6.45, 7) is 6.50. The summed E-state index contributed by atoms with van der Waals surface area (Å²) in [7, 11) is 3.20. The van der Waals surface area contributed by atoms with Gasteiger partial charge in [0.05, 0.1) is 12.0 Å². The van der Waals surface area contributed by atoms with Gasteiger partial charge in [0.1, 0.15) is 0 Å². The number of nitro groups is 1. The Morgan fingerprint density at radius 3 is 2.30 bits per heavy atom. The third kappa shape index (κ3) is 8.58. The minimum atomic E-state index is -0.404. The fourth-order valence-corrected chi connectivity index (χ4v) is 3.24. The van der Waals surface area contributed by atoms with Crippen molar-refractivity contribution < 1.29 is 19.1 Å². The molecule has 176 valence electrons. The Bertz CT molecular complexity index is 1020. The number of nitrogens with zero attached hydrogens (tertiary/aromatic N) is 1. The molecule has 0 aliphatic rings. The molecule has 0 saturated heterocycles. The normalized spacial score (nSPS) is 11.5. The number of allylic oxidation sites excluding steroid dienone is 4. The lowest BCUT2D eigenvalue weighted by molar-refractivity contribution is -0.384. The van der Waals surface area contributed by atoms with Gasteiger partial charge in [-0.2, -0.15) is 0 Å². The van der Waals surface area contributed by atoms with Gasteiger partial charge in [0, 0.05) is 24.8 Å². The average molecular weight is 452 g/mol. The number of hydrogen-bond donors (Lipinski definition) is 0. The fourth-order valence-electron chi connectivity index (χ4n) is 3.24. The zero-order valence-electron chi connectivity index (χ0n) is 20.1. The van der Waals surface area contributed by atoms with Gasteiger partial charge in [0.2, 0.25) is 0 Å². The number of nitro benzene ring substituents is 1. The molecule has 0 fully saturated rings. The molecule has 0 N–H and O–H groups in total. The fraction of sp³-hybridized carbons (Fsp3) is 0.333. The van der Waals surface area contributed by atoms with Crippen molar-refractivity contribution in [3.63, 3.8) is 0 Å². The van der Waals surface area contributed by atoms with E-state index in [4.69, 9.17) is 14.2 Å². The summed E-state index contributed by atoms with van der Waals surface area (Å²) in [5.41, 5.74) is 5.53. The maximum Gasteiger partial charge on any atom is 0.269 e. The maximum atomic E-state index is 10.8. The Morgan fingerprint density at radius 1 is 1.00 bits per heavy atom. The van der Waals surface area contributed by atoms with Crippen molar-refractivity contribution in [2.75, 3.05) is 21.0 Å². The summed E-state index contributed by atoms with van der Waals surface area (Å²) in [5.74, 6) is 1.30. The van der Waals surface area contributed by atoms with Crippen LogP contribution in [0.3, 0.4) is 0 Å². The molecule has 0 saturated carbocycles. The quantitative estimate of drug-likeness (QED) is 0.114. The van der Waals surface area contributed by atoms with Gasteiger partial charge in [-0.15, -0.1) is 0 Å². The van der Waals surface area contributed by atoms with Crippen LogP contribution in [0.4, 0.5) is 5.69 Å². The van der Waals surface area contributed by atoms with Gasteiger partial charge in [-0.05, 0) is 75.4 Å². The van der Waals surface area contributed by atoms with Crippen molar-refractivity contribution in [3.05, 3.63) is 86.5 Å². The van der Waals surface area contributed by atoms with E-state index in [1.807, 2.05) is 18.2 Å². The zero-order chi connectivity index (χ0) is 24.2. The van der Waals surface area contributed by atoms with Crippen LogP contribution in [0.1, 0.15) is 50.3 Å². The summed E-state index contributed by atoms with van der Waals surface area (Å²) in [6, 6.07) is 10.4. The Labute approximate surface area is 196 Å². The minimum absolute atomic E-state index is 0.0718. The Balaban J connectivity index is 2.30. The standard InChI is InChI=1S/C27H33NO5/c1-20(2)7-6-8-21(3)9-14-24-17-23(18-26(32-5)27(24)33-19-31-4)11-10-22-12-15-25(16-13-22)28(29)30/h7,9-13,15-18H,6,8,14,19H2,1-5H3. The average Bonchev–Trinajstić information content (AvgIpc) is 2.80. The lowest BCUT2D eigenvalue weighted by atomic mass is 10.0. The van der Waals surface area contributed by atoms with Gasteiger partial charge in [0.25, 0.3) is 5.69 Å². The van der Waals surface area contributed by atoms with Crippen LogP contribution in [-0.4, -0.2) is 25.9 Å². The highest BCUT2D eigenvalue weighted by Gasteiger charge is 2.12. The molecule has 0 atom stereocenters. The van der Waals surface area contributed by atoms with E-state index in [0.29, 0.717) is 17.9 Å². The molecular formula is C27H33NO5. The van der Waals surface area contributed by atoms with Crippen LogP contribution in [-0.2, 0) is 11.2 Å². The number of non-ortho nitro benzene ring substituents is 1. The molecule has 0 aromatic heterocycles. The van der Waals surface area contributed by atoms with E-state index < -0.39 is 4.92 Å². The molecule has 0 heterocycles. The first-order valence-corrected chi connectivity index (χ1v) is 10.9. The summed E-state index contributed by atoms with van der Waals surface area (Å²) < 4.78 is 16.5. The van der Waals surface area contributed by atoms with Gasteiger partial charge in [-0.3, -0.25) is 10.1 Å². The van der Waals surface area contributed by atoms with E-state index in [-0.39, 0.29) is 12.5 Å². The van der Waals surface area contributed by atoms with Crippen LogP contribution < -0.4 is 9.47 Å². The summed E-state index contributed by atoms with van der Waals surface area (Å²) in [6.07, 6.45) is 11.1. The molecular weight excluding hydrogens is 418 g/mol. The highest BCUT2D eigenvalue weighted by atomic mass is 16.7. The lowest BCUT2D eigenvalue weighted by Gasteiger charge is -2.15. The molecule has 0 amide bonds. The van der Waals surface area contributed by atoms with Crippen molar-refractivity contribution in [1.29, 1.82) is 0 Å². The third-order valence-electron chi connectivity index (χ3n) is 5.03. The predicted octanol–water partition coefficient (Wildman–Crippen LogP) is 6.99. The van der Waals surface area contributed by atoms with Crippen LogP contribution in [0, 0.1) is 10.1 Å². The van der Waals surface area contributed by atoms with E-state index in [1.54, 1.807) is 26.4 Å². The second kappa shape index (κ2) is 13.2. The summed E-state index contributed by atoms with van der Waals surface area (Å²) >= 11 is 0. The molecule has 0 aliphatic carbocycles. The zero-order valence-corrected chi connectivity index (χ0v) is 20.1. The van der Waals surface area contributed by atoms with Crippen molar-refractivity contribution in [1.82, 2.24) is 0 Å². The lowest BCUT2D eigenvalue weighted by Crippen LogP contribution is -2.04. The summed E-state index contributed by atoms with van der Waals surface area (Å²) in [5, 5.41) is 10.8. The second-order valence-corrected chi connectivity index (χ2v) is 8.02. The monoisotopic (exact) mass is 451 g/mol. The minimum Gasteiger partial charge on any atom is -0.493 e. The predicted molar refractivity (Wildman–Crippen MR) is 134 cm³/mol. The number of ether oxygens (including phenoxy) is 3. The molecule has 2 rings (SSSR count). The number of methoxy groups -OCH3 is 2. The first kappa shape index (κ1) is 25.9. The Morgan fingerprint density at radius 2 is 1.70 bits per heavy atom. The molecule has 0 aliphatic heterocycles. The molecule has 2 aromatic carbocycles. The Kier molecular flexibility index (Phi) is 10.4. The number of benzene rings is 2. The summed E-state index contributed by atoms with van der Waals surface area (Å²) in [4.78, 5) is 10.4. The van der Waals surface area contributed by atoms with Crippen LogP contribution in [0.5, 0.6) is 11.5 Å². The molecule has 2 aromatic rings. The van der Waals surface area contributed by atoms with Crippen LogP contribution in [0.25, 0.3) is 12.2 Å².